The number of rotatable bonds is 5. The number of β-amino-alcohol motifs (C(OH)–C–C–N with tert-alkyl or cyclic N) is 1. The minimum absolute atomic E-state index is 0.433. The summed E-state index contributed by atoms with van der Waals surface area (Å²) >= 11 is 5.86. The first kappa shape index (κ1) is 16.1. The Hall–Kier alpha value is -1.28. The van der Waals surface area contributed by atoms with Crippen molar-refractivity contribution in [2.45, 2.75) is 25.9 Å². The summed E-state index contributed by atoms with van der Waals surface area (Å²) in [4.78, 5) is 2.30. The standard InChI is InChI=1S/C16H22ClN3O/c1-12-4-6-20(7-5-12)11-15(21)10-19-16-3-2-14(17)8-13(16)9-18/h2-3,8,12,15,19,21H,4-7,10-11H2,1H3. The lowest BCUT2D eigenvalue weighted by Gasteiger charge is -2.31. The van der Waals surface area contributed by atoms with Crippen LogP contribution in [0.2, 0.25) is 5.02 Å². The maximum atomic E-state index is 10.1. The van der Waals surface area contributed by atoms with Crippen LogP contribution in [0.25, 0.3) is 0 Å². The third-order valence-electron chi connectivity index (χ3n) is 3.98. The normalized spacial score (nSPS) is 18.2. The first-order chi connectivity index (χ1) is 10.1. The van der Waals surface area contributed by atoms with E-state index in [1.54, 1.807) is 18.2 Å². The van der Waals surface area contributed by atoms with E-state index < -0.39 is 6.10 Å². The number of aliphatic hydroxyl groups excluding tert-OH is 1. The SMILES string of the molecule is CC1CCN(CC(O)CNc2ccc(Cl)cc2C#N)CC1. The summed E-state index contributed by atoms with van der Waals surface area (Å²) in [6.45, 7) is 5.50. The van der Waals surface area contributed by atoms with Gasteiger partial charge in [0.15, 0.2) is 0 Å². The van der Waals surface area contributed by atoms with Crippen LogP contribution in [0.4, 0.5) is 5.69 Å². The van der Waals surface area contributed by atoms with Crippen molar-refractivity contribution in [3.8, 4) is 6.07 Å². The fraction of sp³-hybridized carbons (Fsp3) is 0.562. The van der Waals surface area contributed by atoms with E-state index in [1.807, 2.05) is 0 Å². The average molecular weight is 308 g/mol. The Balaban J connectivity index is 1.81. The second kappa shape index (κ2) is 7.65. The first-order valence-corrected chi connectivity index (χ1v) is 7.80. The second-order valence-corrected chi connectivity index (χ2v) is 6.26. The maximum absolute atomic E-state index is 10.1. The van der Waals surface area contributed by atoms with Crippen LogP contribution in [-0.2, 0) is 0 Å². The summed E-state index contributed by atoms with van der Waals surface area (Å²) in [6, 6.07) is 7.25. The zero-order chi connectivity index (χ0) is 15.2. The van der Waals surface area contributed by atoms with Crippen LogP contribution in [0, 0.1) is 17.2 Å². The maximum Gasteiger partial charge on any atom is 0.101 e. The minimum Gasteiger partial charge on any atom is -0.390 e. The third-order valence-corrected chi connectivity index (χ3v) is 4.21. The molecule has 1 saturated heterocycles. The van der Waals surface area contributed by atoms with Crippen molar-refractivity contribution in [1.29, 1.82) is 5.26 Å². The average Bonchev–Trinajstić information content (AvgIpc) is 2.48. The lowest BCUT2D eigenvalue weighted by Crippen LogP contribution is -2.40. The quantitative estimate of drug-likeness (QED) is 0.878. The van der Waals surface area contributed by atoms with Crippen molar-refractivity contribution in [2.75, 3.05) is 31.5 Å². The lowest BCUT2D eigenvalue weighted by molar-refractivity contribution is 0.0990. The molecule has 0 saturated carbocycles. The van der Waals surface area contributed by atoms with E-state index in [9.17, 15) is 5.11 Å². The van der Waals surface area contributed by atoms with Crippen molar-refractivity contribution >= 4 is 17.3 Å². The molecule has 5 heteroatoms. The molecular formula is C16H22ClN3O. The van der Waals surface area contributed by atoms with E-state index in [1.165, 1.54) is 12.8 Å². The molecule has 1 heterocycles. The topological polar surface area (TPSA) is 59.3 Å². The predicted molar refractivity (Wildman–Crippen MR) is 85.5 cm³/mol. The van der Waals surface area contributed by atoms with E-state index in [2.05, 4.69) is 23.2 Å². The van der Waals surface area contributed by atoms with Gasteiger partial charge in [-0.25, -0.2) is 0 Å². The molecule has 0 aromatic heterocycles. The van der Waals surface area contributed by atoms with Crippen LogP contribution in [0.3, 0.4) is 0 Å². The number of benzene rings is 1. The van der Waals surface area contributed by atoms with Crippen LogP contribution in [0.15, 0.2) is 18.2 Å². The van der Waals surface area contributed by atoms with Crippen molar-refractivity contribution in [3.05, 3.63) is 28.8 Å². The molecule has 0 spiro atoms. The van der Waals surface area contributed by atoms with Crippen LogP contribution in [0.5, 0.6) is 0 Å². The number of anilines is 1. The number of halogens is 1. The number of hydrogen-bond donors (Lipinski definition) is 2. The summed E-state index contributed by atoms with van der Waals surface area (Å²) in [7, 11) is 0. The largest absolute Gasteiger partial charge is 0.390 e. The van der Waals surface area contributed by atoms with Gasteiger partial charge in [0.05, 0.1) is 17.4 Å². The molecular weight excluding hydrogens is 286 g/mol. The van der Waals surface area contributed by atoms with Crippen LogP contribution in [-0.4, -0.2) is 42.3 Å². The van der Waals surface area contributed by atoms with Gasteiger partial charge < -0.3 is 15.3 Å². The van der Waals surface area contributed by atoms with Gasteiger partial charge in [-0.1, -0.05) is 18.5 Å². The Morgan fingerprint density at radius 1 is 1.48 bits per heavy atom. The lowest BCUT2D eigenvalue weighted by atomic mass is 9.99. The van der Waals surface area contributed by atoms with Crippen molar-refractivity contribution in [3.63, 3.8) is 0 Å². The van der Waals surface area contributed by atoms with Gasteiger partial charge in [-0.15, -0.1) is 0 Å². The van der Waals surface area contributed by atoms with Gasteiger partial charge in [-0.3, -0.25) is 0 Å². The van der Waals surface area contributed by atoms with Gasteiger partial charge in [0.2, 0.25) is 0 Å². The highest BCUT2D eigenvalue weighted by Crippen LogP contribution is 2.20. The Bertz CT molecular complexity index is 507. The molecule has 0 bridgehead atoms. The highest BCUT2D eigenvalue weighted by Gasteiger charge is 2.18. The number of nitrogens with one attached hydrogen (secondary N) is 1. The van der Waals surface area contributed by atoms with Crippen LogP contribution < -0.4 is 5.32 Å². The molecule has 1 aliphatic rings. The fourth-order valence-corrected chi connectivity index (χ4v) is 2.77. The minimum atomic E-state index is -0.444. The van der Waals surface area contributed by atoms with Crippen molar-refractivity contribution < 1.29 is 5.11 Å². The smallest absolute Gasteiger partial charge is 0.101 e. The van der Waals surface area contributed by atoms with Crippen LogP contribution in [0.1, 0.15) is 25.3 Å². The van der Waals surface area contributed by atoms with E-state index in [0.29, 0.717) is 29.4 Å². The highest BCUT2D eigenvalue weighted by atomic mass is 35.5. The summed E-state index contributed by atoms with van der Waals surface area (Å²) < 4.78 is 0. The van der Waals surface area contributed by atoms with Gasteiger partial charge >= 0.3 is 0 Å². The van der Waals surface area contributed by atoms with E-state index in [4.69, 9.17) is 16.9 Å². The summed E-state index contributed by atoms with van der Waals surface area (Å²) in [5.74, 6) is 0.795. The Kier molecular flexibility index (Phi) is 5.86. The zero-order valence-corrected chi connectivity index (χ0v) is 13.1. The number of likely N-dealkylation sites (tertiary alicyclic amines) is 1. The second-order valence-electron chi connectivity index (χ2n) is 5.82. The third kappa shape index (κ3) is 4.89. The van der Waals surface area contributed by atoms with E-state index in [-0.39, 0.29) is 0 Å². The van der Waals surface area contributed by atoms with Gasteiger partial charge in [-0.2, -0.15) is 5.26 Å². The molecule has 0 amide bonds. The molecule has 1 atom stereocenters. The molecule has 1 aliphatic heterocycles. The van der Waals surface area contributed by atoms with E-state index >= 15 is 0 Å². The molecule has 1 aromatic carbocycles. The molecule has 0 aliphatic carbocycles. The monoisotopic (exact) mass is 307 g/mol. The Labute approximate surface area is 131 Å². The summed E-state index contributed by atoms with van der Waals surface area (Å²) in [5.41, 5.74) is 1.22. The Morgan fingerprint density at radius 2 is 2.19 bits per heavy atom. The molecule has 21 heavy (non-hydrogen) atoms. The fourth-order valence-electron chi connectivity index (χ4n) is 2.60. The summed E-state index contributed by atoms with van der Waals surface area (Å²) in [5, 5.41) is 22.9. The molecule has 114 valence electrons. The predicted octanol–water partition coefficient (Wildman–Crippen LogP) is 2.72. The van der Waals surface area contributed by atoms with Gasteiger partial charge in [0.25, 0.3) is 0 Å². The number of aliphatic hydroxyl groups is 1. The number of nitrogens with zero attached hydrogens (tertiary/aromatic N) is 2. The van der Waals surface area contributed by atoms with Crippen molar-refractivity contribution in [1.82, 2.24) is 4.90 Å². The molecule has 1 fully saturated rings. The highest BCUT2D eigenvalue weighted by molar-refractivity contribution is 6.30. The van der Waals surface area contributed by atoms with Gasteiger partial charge in [0.1, 0.15) is 6.07 Å². The van der Waals surface area contributed by atoms with Gasteiger partial charge in [-0.05, 0) is 50.0 Å². The first-order valence-electron chi connectivity index (χ1n) is 7.42. The zero-order valence-electron chi connectivity index (χ0n) is 12.3. The molecule has 1 aromatic rings. The van der Waals surface area contributed by atoms with Crippen LogP contribution >= 0.6 is 11.6 Å². The Morgan fingerprint density at radius 3 is 2.86 bits per heavy atom. The number of piperidine rings is 1. The number of hydrogen-bond acceptors (Lipinski definition) is 4. The number of nitriles is 1. The molecule has 1 unspecified atom stereocenters. The molecule has 2 rings (SSSR count). The van der Waals surface area contributed by atoms with Crippen molar-refractivity contribution in [2.24, 2.45) is 5.92 Å². The molecule has 4 nitrogen and oxygen atoms in total. The molecule has 0 radical (unpaired) electrons. The molecule has 2 N–H and O–H groups in total. The summed E-state index contributed by atoms with van der Waals surface area (Å²) in [6.07, 6.45) is 1.96. The van der Waals surface area contributed by atoms with E-state index in [0.717, 1.165) is 19.0 Å². The van der Waals surface area contributed by atoms with Gasteiger partial charge in [0, 0.05) is 18.1 Å².